The average Bonchev–Trinajstić information content (AvgIpc) is 2.82. The van der Waals surface area contributed by atoms with Crippen LogP contribution < -0.4 is 4.74 Å². The number of rotatable bonds is 3. The molecule has 5 nitrogen and oxygen atoms in total. The van der Waals surface area contributed by atoms with E-state index in [1.807, 2.05) is 25.2 Å². The Kier molecular flexibility index (Phi) is 3.10. The second-order valence-electron chi connectivity index (χ2n) is 5.01. The van der Waals surface area contributed by atoms with E-state index in [-0.39, 0.29) is 0 Å². The quantitative estimate of drug-likeness (QED) is 0.731. The summed E-state index contributed by atoms with van der Waals surface area (Å²) in [6.45, 7) is 4.31. The molecule has 0 atom stereocenters. The van der Waals surface area contributed by atoms with Crippen molar-refractivity contribution in [3.63, 3.8) is 0 Å². The molecule has 0 bridgehead atoms. The Hall–Kier alpha value is -2.43. The van der Waals surface area contributed by atoms with E-state index in [0.717, 1.165) is 16.8 Å². The maximum absolute atomic E-state index is 5.89. The highest BCUT2D eigenvalue weighted by atomic mass is 16.5. The molecule has 0 aliphatic rings. The molecule has 0 unspecified atom stereocenters. The summed E-state index contributed by atoms with van der Waals surface area (Å²) >= 11 is 0. The van der Waals surface area contributed by atoms with Crippen molar-refractivity contribution in [3.05, 3.63) is 42.4 Å². The van der Waals surface area contributed by atoms with Crippen molar-refractivity contribution >= 4 is 11.0 Å². The van der Waals surface area contributed by atoms with Gasteiger partial charge in [-0.05, 0) is 23.6 Å². The van der Waals surface area contributed by atoms with Crippen LogP contribution in [0.5, 0.6) is 11.6 Å². The fourth-order valence-corrected chi connectivity index (χ4v) is 2.07. The van der Waals surface area contributed by atoms with Crippen LogP contribution in [0, 0.1) is 0 Å². The van der Waals surface area contributed by atoms with Crippen LogP contribution in [-0.4, -0.2) is 19.7 Å². The van der Waals surface area contributed by atoms with Gasteiger partial charge in [0.2, 0.25) is 5.88 Å². The van der Waals surface area contributed by atoms with Gasteiger partial charge in [0.05, 0.1) is 6.20 Å². The Morgan fingerprint density at radius 2 is 2.05 bits per heavy atom. The van der Waals surface area contributed by atoms with Crippen LogP contribution in [0.1, 0.15) is 25.3 Å². The molecule has 0 saturated heterocycles. The van der Waals surface area contributed by atoms with E-state index in [2.05, 4.69) is 35.0 Å². The van der Waals surface area contributed by atoms with E-state index in [9.17, 15) is 0 Å². The monoisotopic (exact) mass is 268 g/mol. The van der Waals surface area contributed by atoms with Crippen LogP contribution in [0.2, 0.25) is 0 Å². The zero-order chi connectivity index (χ0) is 14.1. The molecular weight excluding hydrogens is 252 g/mol. The number of benzene rings is 1. The van der Waals surface area contributed by atoms with Gasteiger partial charge in [0.15, 0.2) is 5.65 Å². The number of hydrogen-bond donors (Lipinski definition) is 0. The minimum absolute atomic E-state index is 0.461. The lowest BCUT2D eigenvalue weighted by Gasteiger charge is -2.09. The Morgan fingerprint density at radius 3 is 2.85 bits per heavy atom. The molecule has 0 amide bonds. The fourth-order valence-electron chi connectivity index (χ4n) is 2.07. The van der Waals surface area contributed by atoms with Gasteiger partial charge in [-0.15, -0.1) is 0 Å². The van der Waals surface area contributed by atoms with E-state index in [1.165, 1.54) is 11.9 Å². The maximum Gasteiger partial charge on any atom is 0.233 e. The number of nitrogens with zero attached hydrogens (tertiary/aromatic N) is 4. The van der Waals surface area contributed by atoms with E-state index >= 15 is 0 Å². The molecule has 102 valence electrons. The average molecular weight is 268 g/mol. The lowest BCUT2D eigenvalue weighted by molar-refractivity contribution is 0.467. The van der Waals surface area contributed by atoms with Crippen LogP contribution in [0.25, 0.3) is 11.0 Å². The van der Waals surface area contributed by atoms with Crippen molar-refractivity contribution in [2.24, 2.45) is 7.05 Å². The van der Waals surface area contributed by atoms with Gasteiger partial charge in [-0.3, -0.25) is 4.68 Å². The van der Waals surface area contributed by atoms with E-state index in [1.54, 1.807) is 10.9 Å². The van der Waals surface area contributed by atoms with Gasteiger partial charge in [-0.25, -0.2) is 9.97 Å². The van der Waals surface area contributed by atoms with Crippen molar-refractivity contribution in [1.29, 1.82) is 0 Å². The number of fused-ring (bicyclic) bond motifs is 1. The normalized spacial score (nSPS) is 11.2. The molecule has 0 N–H and O–H groups in total. The third kappa shape index (κ3) is 2.22. The van der Waals surface area contributed by atoms with E-state index in [0.29, 0.717) is 11.8 Å². The molecule has 1 aromatic carbocycles. The smallest absolute Gasteiger partial charge is 0.233 e. The van der Waals surface area contributed by atoms with E-state index < -0.39 is 0 Å². The largest absolute Gasteiger partial charge is 0.438 e. The number of hydrogen-bond acceptors (Lipinski definition) is 4. The summed E-state index contributed by atoms with van der Waals surface area (Å²) in [6, 6.07) is 8.05. The third-order valence-electron chi connectivity index (χ3n) is 3.23. The van der Waals surface area contributed by atoms with Gasteiger partial charge >= 0.3 is 0 Å². The predicted molar refractivity (Wildman–Crippen MR) is 76.9 cm³/mol. The summed E-state index contributed by atoms with van der Waals surface area (Å²) in [4.78, 5) is 8.40. The minimum Gasteiger partial charge on any atom is -0.438 e. The van der Waals surface area contributed by atoms with E-state index in [4.69, 9.17) is 4.74 Å². The highest BCUT2D eigenvalue weighted by molar-refractivity contribution is 5.79. The lowest BCUT2D eigenvalue weighted by Crippen LogP contribution is -1.95. The molecule has 0 fully saturated rings. The molecule has 0 aliphatic carbocycles. The Morgan fingerprint density at radius 1 is 1.20 bits per heavy atom. The molecule has 3 aromatic rings. The molecule has 0 saturated carbocycles. The van der Waals surface area contributed by atoms with Gasteiger partial charge in [0.25, 0.3) is 0 Å². The van der Waals surface area contributed by atoms with Crippen LogP contribution >= 0.6 is 0 Å². The topological polar surface area (TPSA) is 52.8 Å². The first kappa shape index (κ1) is 12.6. The van der Waals surface area contributed by atoms with Crippen LogP contribution in [-0.2, 0) is 7.05 Å². The van der Waals surface area contributed by atoms with Crippen LogP contribution in [0.15, 0.2) is 36.8 Å². The summed E-state index contributed by atoms with van der Waals surface area (Å²) < 4.78 is 7.59. The van der Waals surface area contributed by atoms with Gasteiger partial charge < -0.3 is 4.74 Å². The van der Waals surface area contributed by atoms with Crippen molar-refractivity contribution in [1.82, 2.24) is 19.7 Å². The summed E-state index contributed by atoms with van der Waals surface area (Å²) in [5.74, 6) is 1.77. The predicted octanol–water partition coefficient (Wildman–Crippen LogP) is 3.28. The molecule has 2 aromatic heterocycles. The summed E-state index contributed by atoms with van der Waals surface area (Å²) in [5, 5.41) is 4.99. The zero-order valence-electron chi connectivity index (χ0n) is 11.7. The van der Waals surface area contributed by atoms with Crippen molar-refractivity contribution in [3.8, 4) is 11.6 Å². The van der Waals surface area contributed by atoms with Gasteiger partial charge in [0.1, 0.15) is 17.5 Å². The van der Waals surface area contributed by atoms with Crippen molar-refractivity contribution in [2.45, 2.75) is 19.8 Å². The molecule has 5 heteroatoms. The molecule has 2 heterocycles. The number of ether oxygens (including phenoxy) is 1. The summed E-state index contributed by atoms with van der Waals surface area (Å²) in [7, 11) is 1.85. The van der Waals surface area contributed by atoms with Crippen LogP contribution in [0.3, 0.4) is 0 Å². The molecule has 0 aliphatic heterocycles. The van der Waals surface area contributed by atoms with Crippen LogP contribution in [0.4, 0.5) is 0 Å². The number of aryl methyl sites for hydroxylation is 1. The third-order valence-corrected chi connectivity index (χ3v) is 3.23. The maximum atomic E-state index is 5.89. The van der Waals surface area contributed by atoms with Gasteiger partial charge in [-0.2, -0.15) is 5.10 Å². The highest BCUT2D eigenvalue weighted by Gasteiger charge is 2.10. The molecule has 3 rings (SSSR count). The Labute approximate surface area is 117 Å². The highest BCUT2D eigenvalue weighted by Crippen LogP contribution is 2.28. The first-order chi connectivity index (χ1) is 9.65. The van der Waals surface area contributed by atoms with Crippen molar-refractivity contribution in [2.75, 3.05) is 0 Å². The SMILES string of the molecule is CC(C)c1cccc(Oc2ncnc3c2cnn3C)c1. The lowest BCUT2D eigenvalue weighted by atomic mass is 10.0. The Bertz CT molecular complexity index is 748. The first-order valence-electron chi connectivity index (χ1n) is 6.55. The molecular formula is C15H16N4O. The van der Waals surface area contributed by atoms with Gasteiger partial charge in [0, 0.05) is 7.05 Å². The molecule has 0 spiro atoms. The standard InChI is InChI=1S/C15H16N4O/c1-10(2)11-5-4-6-12(7-11)20-15-13-8-18-19(3)14(13)16-9-17-15/h4-10H,1-3H3. The molecule has 20 heavy (non-hydrogen) atoms. The Balaban J connectivity index is 1.99. The van der Waals surface area contributed by atoms with Crippen molar-refractivity contribution < 1.29 is 4.74 Å². The number of aromatic nitrogens is 4. The summed E-state index contributed by atoms with van der Waals surface area (Å²) in [5.41, 5.74) is 1.99. The minimum atomic E-state index is 0.461. The zero-order valence-corrected chi connectivity index (χ0v) is 11.7. The fraction of sp³-hybridized carbons (Fsp3) is 0.267. The first-order valence-corrected chi connectivity index (χ1v) is 6.55. The van der Waals surface area contributed by atoms with Gasteiger partial charge in [-0.1, -0.05) is 26.0 Å². The summed E-state index contributed by atoms with van der Waals surface area (Å²) in [6.07, 6.45) is 3.21. The second kappa shape index (κ2) is 4.92. The second-order valence-corrected chi connectivity index (χ2v) is 5.01. The molecule has 0 radical (unpaired) electrons.